The summed E-state index contributed by atoms with van der Waals surface area (Å²) in [6.07, 6.45) is 0.610. The molecule has 0 heterocycles. The summed E-state index contributed by atoms with van der Waals surface area (Å²) >= 11 is 0. The van der Waals surface area contributed by atoms with Gasteiger partial charge in [0.15, 0.2) is 0 Å². The van der Waals surface area contributed by atoms with Crippen LogP contribution in [0.3, 0.4) is 0 Å². The maximum Gasteiger partial charge on any atom is 0.335 e. The van der Waals surface area contributed by atoms with E-state index < -0.39 is 11.5 Å². The van der Waals surface area contributed by atoms with Gasteiger partial charge >= 0.3 is 12.0 Å². The molecule has 21 heavy (non-hydrogen) atoms. The standard InChI is InChI=1S/C15H22N2O4/c1-15(2,10-18)17(3)14(21)16-9-8-11-4-6-12(7-5-11)13(19)20/h4-7,18H,8-10H2,1-3H3,(H,16,21)(H,19,20). The fourth-order valence-electron chi connectivity index (χ4n) is 1.63. The molecule has 3 N–H and O–H groups in total. The molecule has 0 atom stereocenters. The average molecular weight is 294 g/mol. The number of urea groups is 1. The number of carbonyl (C=O) groups is 2. The monoisotopic (exact) mass is 294 g/mol. The highest BCUT2D eigenvalue weighted by atomic mass is 16.4. The number of aromatic carboxylic acids is 1. The highest BCUT2D eigenvalue weighted by Crippen LogP contribution is 2.11. The van der Waals surface area contributed by atoms with Gasteiger partial charge in [-0.3, -0.25) is 0 Å². The number of likely N-dealkylation sites (N-methyl/N-ethyl adjacent to an activating group) is 1. The molecule has 1 aromatic rings. The van der Waals surface area contributed by atoms with Crippen LogP contribution in [0.15, 0.2) is 24.3 Å². The Kier molecular flexibility index (Phi) is 5.72. The number of carboxylic acid groups (broad SMARTS) is 1. The van der Waals surface area contributed by atoms with E-state index in [0.29, 0.717) is 13.0 Å². The van der Waals surface area contributed by atoms with E-state index in [0.717, 1.165) is 5.56 Å². The summed E-state index contributed by atoms with van der Waals surface area (Å²) < 4.78 is 0. The Hall–Kier alpha value is -2.08. The van der Waals surface area contributed by atoms with Crippen molar-refractivity contribution in [2.24, 2.45) is 0 Å². The molecule has 0 aromatic heterocycles. The van der Waals surface area contributed by atoms with Gasteiger partial charge in [-0.2, -0.15) is 0 Å². The van der Waals surface area contributed by atoms with Crippen molar-refractivity contribution in [2.45, 2.75) is 25.8 Å². The molecule has 0 aliphatic rings. The third-order valence-electron chi connectivity index (χ3n) is 3.49. The van der Waals surface area contributed by atoms with Gasteiger partial charge in [-0.05, 0) is 38.0 Å². The van der Waals surface area contributed by atoms with Gasteiger partial charge in [-0.25, -0.2) is 9.59 Å². The molecule has 0 spiro atoms. The van der Waals surface area contributed by atoms with E-state index in [1.165, 1.54) is 4.90 Å². The number of hydrogen-bond acceptors (Lipinski definition) is 3. The average Bonchev–Trinajstić information content (AvgIpc) is 2.46. The summed E-state index contributed by atoms with van der Waals surface area (Å²) in [4.78, 5) is 24.1. The van der Waals surface area contributed by atoms with Gasteiger partial charge in [0.2, 0.25) is 0 Å². The molecule has 0 fully saturated rings. The van der Waals surface area contributed by atoms with Crippen LogP contribution in [0.4, 0.5) is 4.79 Å². The van der Waals surface area contributed by atoms with E-state index >= 15 is 0 Å². The van der Waals surface area contributed by atoms with Gasteiger partial charge in [0, 0.05) is 13.6 Å². The predicted molar refractivity (Wildman–Crippen MR) is 79.4 cm³/mol. The maximum absolute atomic E-state index is 11.9. The molecule has 0 saturated carbocycles. The second-order valence-electron chi connectivity index (χ2n) is 5.51. The largest absolute Gasteiger partial charge is 0.478 e. The Bertz CT molecular complexity index is 497. The molecule has 1 rings (SSSR count). The van der Waals surface area contributed by atoms with Crippen molar-refractivity contribution in [1.29, 1.82) is 0 Å². The summed E-state index contributed by atoms with van der Waals surface area (Å²) in [5, 5.41) is 20.8. The predicted octanol–water partition coefficient (Wildman–Crippen LogP) is 1.34. The molecule has 6 nitrogen and oxygen atoms in total. The van der Waals surface area contributed by atoms with Crippen LogP contribution in [-0.4, -0.2) is 52.9 Å². The summed E-state index contributed by atoms with van der Waals surface area (Å²) in [6.45, 7) is 3.87. The van der Waals surface area contributed by atoms with E-state index in [2.05, 4.69) is 5.32 Å². The summed E-state index contributed by atoms with van der Waals surface area (Å²) in [5.41, 5.74) is 0.573. The van der Waals surface area contributed by atoms with Gasteiger partial charge in [0.1, 0.15) is 0 Å². The van der Waals surface area contributed by atoms with Crippen LogP contribution in [-0.2, 0) is 6.42 Å². The van der Waals surface area contributed by atoms with Crippen LogP contribution in [0.1, 0.15) is 29.8 Å². The lowest BCUT2D eigenvalue weighted by atomic mass is 10.1. The molecule has 1 aromatic carbocycles. The number of benzene rings is 1. The van der Waals surface area contributed by atoms with Crippen molar-refractivity contribution >= 4 is 12.0 Å². The second-order valence-corrected chi connectivity index (χ2v) is 5.51. The van der Waals surface area contributed by atoms with Crippen LogP contribution in [0.2, 0.25) is 0 Å². The first kappa shape index (κ1) is 17.0. The van der Waals surface area contributed by atoms with Crippen molar-refractivity contribution in [1.82, 2.24) is 10.2 Å². The normalized spacial score (nSPS) is 11.0. The number of hydrogen-bond donors (Lipinski definition) is 3. The summed E-state index contributed by atoms with van der Waals surface area (Å²) in [5.74, 6) is -0.956. The van der Waals surface area contributed by atoms with Gasteiger partial charge in [-0.15, -0.1) is 0 Å². The van der Waals surface area contributed by atoms with E-state index in [-0.39, 0.29) is 18.2 Å². The van der Waals surface area contributed by atoms with Crippen molar-refractivity contribution in [3.05, 3.63) is 35.4 Å². The lowest BCUT2D eigenvalue weighted by Gasteiger charge is -2.33. The van der Waals surface area contributed by atoms with Gasteiger partial charge in [0.25, 0.3) is 0 Å². The third-order valence-corrected chi connectivity index (χ3v) is 3.49. The number of carboxylic acids is 1. The molecule has 0 aliphatic heterocycles. The number of nitrogens with zero attached hydrogens (tertiary/aromatic N) is 1. The highest BCUT2D eigenvalue weighted by Gasteiger charge is 2.26. The second kappa shape index (κ2) is 7.08. The van der Waals surface area contributed by atoms with Crippen molar-refractivity contribution < 1.29 is 19.8 Å². The molecule has 0 unspecified atom stereocenters. The fourth-order valence-corrected chi connectivity index (χ4v) is 1.63. The van der Waals surface area contributed by atoms with Crippen LogP contribution >= 0.6 is 0 Å². The Labute approximate surface area is 124 Å². The number of carbonyl (C=O) groups excluding carboxylic acids is 1. The summed E-state index contributed by atoms with van der Waals surface area (Å²) in [6, 6.07) is 6.30. The Morgan fingerprint density at radius 3 is 2.29 bits per heavy atom. The van der Waals surface area contributed by atoms with Crippen molar-refractivity contribution in [3.63, 3.8) is 0 Å². The zero-order valence-electron chi connectivity index (χ0n) is 12.6. The SMILES string of the molecule is CN(C(=O)NCCc1ccc(C(=O)O)cc1)C(C)(C)CO. The quantitative estimate of drug-likeness (QED) is 0.738. The molecule has 116 valence electrons. The Balaban J connectivity index is 2.46. The van der Waals surface area contributed by atoms with Gasteiger partial charge in [-0.1, -0.05) is 12.1 Å². The van der Waals surface area contributed by atoms with Crippen LogP contribution in [0.25, 0.3) is 0 Å². The molecular formula is C15H22N2O4. The van der Waals surface area contributed by atoms with Crippen LogP contribution in [0.5, 0.6) is 0 Å². The minimum absolute atomic E-state index is 0.117. The number of aliphatic hydroxyl groups is 1. The van der Waals surface area contributed by atoms with Gasteiger partial charge in [0.05, 0.1) is 17.7 Å². The van der Waals surface area contributed by atoms with E-state index in [1.54, 1.807) is 45.2 Å². The zero-order valence-corrected chi connectivity index (χ0v) is 12.6. The van der Waals surface area contributed by atoms with E-state index in [9.17, 15) is 14.7 Å². The first-order valence-corrected chi connectivity index (χ1v) is 6.72. The van der Waals surface area contributed by atoms with Crippen LogP contribution in [0, 0.1) is 0 Å². The fraction of sp³-hybridized carbons (Fsp3) is 0.467. The third kappa shape index (κ3) is 4.75. The van der Waals surface area contributed by atoms with Gasteiger partial charge < -0.3 is 20.4 Å². The van der Waals surface area contributed by atoms with Crippen LogP contribution < -0.4 is 5.32 Å². The first-order valence-electron chi connectivity index (χ1n) is 6.72. The molecule has 2 amide bonds. The van der Waals surface area contributed by atoms with Crippen molar-refractivity contribution in [3.8, 4) is 0 Å². The van der Waals surface area contributed by atoms with E-state index in [4.69, 9.17) is 5.11 Å². The molecular weight excluding hydrogens is 272 g/mol. The number of rotatable bonds is 6. The first-order chi connectivity index (χ1) is 9.77. The smallest absolute Gasteiger partial charge is 0.335 e. The minimum atomic E-state index is -0.956. The maximum atomic E-state index is 11.9. The highest BCUT2D eigenvalue weighted by molar-refractivity contribution is 5.87. The number of aliphatic hydroxyl groups excluding tert-OH is 1. The van der Waals surface area contributed by atoms with Crippen molar-refractivity contribution in [2.75, 3.05) is 20.2 Å². The zero-order chi connectivity index (χ0) is 16.0. The molecule has 6 heteroatoms. The Morgan fingerprint density at radius 2 is 1.81 bits per heavy atom. The lowest BCUT2D eigenvalue weighted by molar-refractivity contribution is 0.0697. The molecule has 0 saturated heterocycles. The molecule has 0 aliphatic carbocycles. The molecule has 0 bridgehead atoms. The molecule has 0 radical (unpaired) electrons. The Morgan fingerprint density at radius 1 is 1.24 bits per heavy atom. The number of nitrogens with one attached hydrogen (secondary N) is 1. The number of amides is 2. The minimum Gasteiger partial charge on any atom is -0.478 e. The summed E-state index contributed by atoms with van der Waals surface area (Å²) in [7, 11) is 1.63. The topological polar surface area (TPSA) is 89.9 Å². The van der Waals surface area contributed by atoms with E-state index in [1.807, 2.05) is 0 Å². The lowest BCUT2D eigenvalue weighted by Crippen LogP contribution is -2.51.